The van der Waals surface area contributed by atoms with E-state index < -0.39 is 0 Å². The Kier molecular flexibility index (Phi) is 5.83. The number of nitrogen functional groups attached to an aromatic ring is 1. The fourth-order valence-electron chi connectivity index (χ4n) is 3.57. The molecule has 0 saturated carbocycles. The van der Waals surface area contributed by atoms with Crippen LogP contribution in [0, 0.1) is 11.3 Å². The van der Waals surface area contributed by atoms with Gasteiger partial charge in [-0.05, 0) is 30.3 Å². The minimum Gasteiger partial charge on any atom is -0.380 e. The summed E-state index contributed by atoms with van der Waals surface area (Å²) in [6.07, 6.45) is 4.64. The summed E-state index contributed by atoms with van der Waals surface area (Å²) in [6.45, 7) is 0.0249. The van der Waals surface area contributed by atoms with Gasteiger partial charge in [0.2, 0.25) is 5.95 Å². The van der Waals surface area contributed by atoms with Crippen molar-refractivity contribution in [2.75, 3.05) is 5.73 Å². The summed E-state index contributed by atoms with van der Waals surface area (Å²) in [6, 6.07) is 16.2. The van der Waals surface area contributed by atoms with Gasteiger partial charge in [0, 0.05) is 18.0 Å². The average Bonchev–Trinajstić information content (AvgIpc) is 3.33. The smallest absolute Gasteiger partial charge is 0.223 e. The van der Waals surface area contributed by atoms with Gasteiger partial charge in [0.15, 0.2) is 17.3 Å². The van der Waals surface area contributed by atoms with Gasteiger partial charge in [-0.25, -0.2) is 30.9 Å². The van der Waals surface area contributed by atoms with E-state index in [0.29, 0.717) is 45.2 Å². The first-order valence-corrected chi connectivity index (χ1v) is 10.6. The number of fused-ring (bicyclic) bond motifs is 1. The Morgan fingerprint density at radius 2 is 1.97 bits per heavy atom. The monoisotopic (exact) mass is 477 g/mol. The normalized spacial score (nSPS) is 11.4. The lowest BCUT2D eigenvalue weighted by atomic mass is 10.0. The fourth-order valence-corrected chi connectivity index (χ4v) is 3.57. The van der Waals surface area contributed by atoms with Gasteiger partial charge in [-0.2, -0.15) is 9.78 Å². The van der Waals surface area contributed by atoms with E-state index in [2.05, 4.69) is 41.2 Å². The molecule has 4 aromatic heterocycles. The molecule has 0 fully saturated rings. The quantitative estimate of drug-likeness (QED) is 0.137. The first-order valence-electron chi connectivity index (χ1n) is 10.6. The molecule has 0 aliphatic heterocycles. The molecule has 0 amide bonds. The summed E-state index contributed by atoms with van der Waals surface area (Å²) >= 11 is 0. The van der Waals surface area contributed by atoms with Crippen molar-refractivity contribution in [1.82, 2.24) is 39.7 Å². The Morgan fingerprint density at radius 1 is 1.08 bits per heavy atom. The molecule has 13 heteroatoms. The number of hydrazine groups is 1. The molecule has 4 heterocycles. The van der Waals surface area contributed by atoms with Crippen LogP contribution in [-0.2, 0) is 6.54 Å². The van der Waals surface area contributed by atoms with Gasteiger partial charge in [-0.1, -0.05) is 18.2 Å². The van der Waals surface area contributed by atoms with Gasteiger partial charge < -0.3 is 11.5 Å². The van der Waals surface area contributed by atoms with Gasteiger partial charge in [0.1, 0.15) is 18.6 Å². The fraction of sp³-hybridized carbons (Fsp3) is 0.0435. The van der Waals surface area contributed by atoms with Crippen molar-refractivity contribution in [3.63, 3.8) is 0 Å². The summed E-state index contributed by atoms with van der Waals surface area (Å²) in [4.78, 5) is 21.8. The molecule has 0 atom stereocenters. The SMILES string of the molecule is N#Cc1cccc(-c2nc(N)n3nc(CN(N)/N=C(\N)c4ccccn4)nc3c2-c2ccncn2)c1. The molecule has 0 aliphatic carbocycles. The minimum atomic E-state index is 0.0249. The van der Waals surface area contributed by atoms with Gasteiger partial charge >= 0.3 is 0 Å². The molecule has 36 heavy (non-hydrogen) atoms. The molecule has 0 saturated heterocycles. The number of nitrogens with two attached hydrogens (primary N) is 3. The van der Waals surface area contributed by atoms with Crippen LogP contribution in [0.4, 0.5) is 5.95 Å². The summed E-state index contributed by atoms with van der Waals surface area (Å²) in [5.41, 5.74) is 15.9. The van der Waals surface area contributed by atoms with Crippen molar-refractivity contribution >= 4 is 17.4 Å². The lowest BCUT2D eigenvalue weighted by Crippen LogP contribution is -2.30. The predicted molar refractivity (Wildman–Crippen MR) is 131 cm³/mol. The highest BCUT2D eigenvalue weighted by Crippen LogP contribution is 2.33. The molecule has 0 spiro atoms. The van der Waals surface area contributed by atoms with Gasteiger partial charge in [0.05, 0.1) is 28.6 Å². The predicted octanol–water partition coefficient (Wildman–Crippen LogP) is 1.09. The minimum absolute atomic E-state index is 0.0249. The number of hydrazone groups is 1. The zero-order valence-corrected chi connectivity index (χ0v) is 18.8. The Bertz CT molecular complexity index is 1600. The van der Waals surface area contributed by atoms with Crippen LogP contribution in [0.15, 0.2) is 72.4 Å². The molecular weight excluding hydrogens is 458 g/mol. The third kappa shape index (κ3) is 4.34. The van der Waals surface area contributed by atoms with E-state index in [9.17, 15) is 5.26 Å². The van der Waals surface area contributed by atoms with Crippen LogP contribution in [0.5, 0.6) is 0 Å². The number of anilines is 1. The molecule has 13 nitrogen and oxygen atoms in total. The molecule has 176 valence electrons. The van der Waals surface area contributed by atoms with Gasteiger partial charge in [-0.3, -0.25) is 4.98 Å². The van der Waals surface area contributed by atoms with E-state index in [-0.39, 0.29) is 18.3 Å². The van der Waals surface area contributed by atoms with Crippen molar-refractivity contribution in [2.24, 2.45) is 16.7 Å². The van der Waals surface area contributed by atoms with Crippen LogP contribution in [0.2, 0.25) is 0 Å². The molecule has 6 N–H and O–H groups in total. The van der Waals surface area contributed by atoms with Crippen molar-refractivity contribution in [2.45, 2.75) is 6.54 Å². The Labute approximate surface area is 204 Å². The lowest BCUT2D eigenvalue weighted by Gasteiger charge is -2.11. The van der Waals surface area contributed by atoms with Crippen LogP contribution in [0.25, 0.3) is 28.2 Å². The summed E-state index contributed by atoms with van der Waals surface area (Å²) in [5, 5.41) is 19.1. The maximum atomic E-state index is 9.36. The van der Waals surface area contributed by atoms with Crippen molar-refractivity contribution in [3.05, 3.63) is 84.3 Å². The van der Waals surface area contributed by atoms with E-state index in [1.807, 2.05) is 6.07 Å². The third-order valence-electron chi connectivity index (χ3n) is 5.12. The standard InChI is InChI=1S/C23H19N13/c24-11-14-4-3-5-15(10-14)20-19(16-7-9-28-13-30-16)22-31-18(33-36(22)23(26)32-20)12-35(27)34-21(25)17-6-1-2-8-29-17/h1-10,13H,12,27H2,(H2,25,34)(H2,26,32). The zero-order valence-electron chi connectivity index (χ0n) is 18.8. The van der Waals surface area contributed by atoms with E-state index in [1.54, 1.807) is 54.9 Å². The lowest BCUT2D eigenvalue weighted by molar-refractivity contribution is 0.282. The second-order valence-corrected chi connectivity index (χ2v) is 7.54. The van der Waals surface area contributed by atoms with Crippen LogP contribution >= 0.6 is 0 Å². The number of benzene rings is 1. The van der Waals surface area contributed by atoms with Gasteiger partial charge in [-0.15, -0.1) is 10.2 Å². The highest BCUT2D eigenvalue weighted by atomic mass is 15.6. The highest BCUT2D eigenvalue weighted by molar-refractivity contribution is 5.95. The number of pyridine rings is 1. The van der Waals surface area contributed by atoms with E-state index in [4.69, 9.17) is 17.3 Å². The van der Waals surface area contributed by atoms with E-state index >= 15 is 0 Å². The summed E-state index contributed by atoms with van der Waals surface area (Å²) in [5.74, 6) is 6.62. The Hall–Kier alpha value is -5.48. The molecule has 0 unspecified atom stereocenters. The Balaban J connectivity index is 1.60. The number of hydrogen-bond acceptors (Lipinski definition) is 11. The molecule has 5 aromatic rings. The third-order valence-corrected chi connectivity index (χ3v) is 5.12. The molecule has 0 aliphatic rings. The van der Waals surface area contributed by atoms with E-state index in [0.717, 1.165) is 5.12 Å². The second-order valence-electron chi connectivity index (χ2n) is 7.54. The van der Waals surface area contributed by atoms with E-state index in [1.165, 1.54) is 10.8 Å². The summed E-state index contributed by atoms with van der Waals surface area (Å²) < 4.78 is 1.41. The van der Waals surface area contributed by atoms with Crippen molar-refractivity contribution in [1.29, 1.82) is 5.26 Å². The van der Waals surface area contributed by atoms with Crippen molar-refractivity contribution in [3.8, 4) is 28.6 Å². The maximum Gasteiger partial charge on any atom is 0.223 e. The molecular formula is C23H19N13. The summed E-state index contributed by atoms with van der Waals surface area (Å²) in [7, 11) is 0. The molecule has 1 aromatic carbocycles. The average molecular weight is 477 g/mol. The first-order chi connectivity index (χ1) is 17.5. The number of rotatable bonds is 6. The topological polar surface area (TPSA) is 199 Å². The van der Waals surface area contributed by atoms with Crippen LogP contribution in [0.3, 0.4) is 0 Å². The maximum absolute atomic E-state index is 9.36. The number of amidine groups is 1. The largest absolute Gasteiger partial charge is 0.380 e. The molecule has 0 radical (unpaired) electrons. The van der Waals surface area contributed by atoms with Crippen LogP contribution in [0.1, 0.15) is 17.1 Å². The number of aromatic nitrogens is 7. The second kappa shape index (κ2) is 9.41. The van der Waals surface area contributed by atoms with Crippen LogP contribution < -0.4 is 17.3 Å². The van der Waals surface area contributed by atoms with Crippen molar-refractivity contribution < 1.29 is 0 Å². The number of nitriles is 1. The first kappa shape index (κ1) is 22.3. The van der Waals surface area contributed by atoms with Crippen LogP contribution in [-0.4, -0.2) is 45.5 Å². The zero-order chi connectivity index (χ0) is 25.1. The number of hydrogen-bond donors (Lipinski definition) is 3. The molecule has 5 rings (SSSR count). The van der Waals surface area contributed by atoms with Gasteiger partial charge in [0.25, 0.3) is 0 Å². The highest BCUT2D eigenvalue weighted by Gasteiger charge is 2.21. The molecule has 0 bridgehead atoms. The Morgan fingerprint density at radius 3 is 2.72 bits per heavy atom. The number of nitrogens with zero attached hydrogens (tertiary/aromatic N) is 10.